The monoisotopic (exact) mass is 334 g/mol. The summed E-state index contributed by atoms with van der Waals surface area (Å²) in [4.78, 5) is 15.2. The summed E-state index contributed by atoms with van der Waals surface area (Å²) in [5.41, 5.74) is 3.88. The Morgan fingerprint density at radius 1 is 1.08 bits per heavy atom. The lowest BCUT2D eigenvalue weighted by Gasteiger charge is -2.38. The lowest BCUT2D eigenvalue weighted by molar-refractivity contribution is -0.133. The van der Waals surface area contributed by atoms with E-state index in [-0.39, 0.29) is 6.04 Å². The topological polar surface area (TPSA) is 32.3 Å². The number of rotatable bonds is 4. The molecule has 1 N–H and O–H groups in total. The maximum absolute atomic E-state index is 13.1. The van der Waals surface area contributed by atoms with E-state index in [4.69, 9.17) is 0 Å². The molecule has 2 aromatic rings. The number of nitrogens with one attached hydrogen (secondary N) is 1. The van der Waals surface area contributed by atoms with Crippen molar-refractivity contribution in [2.45, 2.75) is 31.7 Å². The number of hydrogen-bond acceptors (Lipinski definition) is 2. The van der Waals surface area contributed by atoms with Crippen molar-refractivity contribution in [3.8, 4) is 0 Å². The molecular formula is C22H26N2O. The summed E-state index contributed by atoms with van der Waals surface area (Å²) in [5.74, 6) is 0.964. The number of carbonyl (C=O) groups is 1. The van der Waals surface area contributed by atoms with Gasteiger partial charge in [0, 0.05) is 13.0 Å². The van der Waals surface area contributed by atoms with Gasteiger partial charge >= 0.3 is 0 Å². The maximum Gasteiger partial charge on any atom is 0.223 e. The van der Waals surface area contributed by atoms with Crippen LogP contribution in [0.4, 0.5) is 0 Å². The van der Waals surface area contributed by atoms with Crippen LogP contribution < -0.4 is 5.32 Å². The quantitative estimate of drug-likeness (QED) is 0.927. The highest BCUT2D eigenvalue weighted by atomic mass is 16.2. The van der Waals surface area contributed by atoms with Crippen LogP contribution in [0.25, 0.3) is 0 Å². The zero-order chi connectivity index (χ0) is 17.1. The average Bonchev–Trinajstić information content (AvgIpc) is 3.19. The van der Waals surface area contributed by atoms with Crippen molar-refractivity contribution in [1.82, 2.24) is 10.2 Å². The Hall–Kier alpha value is -2.13. The van der Waals surface area contributed by atoms with Gasteiger partial charge in [-0.15, -0.1) is 0 Å². The molecule has 2 aromatic carbocycles. The number of nitrogens with zero attached hydrogens (tertiary/aromatic N) is 1. The zero-order valence-electron chi connectivity index (χ0n) is 14.7. The fourth-order valence-corrected chi connectivity index (χ4v) is 4.26. The SMILES string of the molecule is O=C(CCC1CCNC1)N1CCc2ccccc2C1c1ccccc1. The van der Waals surface area contributed by atoms with Gasteiger partial charge in [-0.05, 0) is 55.0 Å². The molecule has 3 heteroatoms. The Labute approximate surface area is 150 Å². The summed E-state index contributed by atoms with van der Waals surface area (Å²) in [5, 5.41) is 3.40. The highest BCUT2D eigenvalue weighted by Gasteiger charge is 2.31. The summed E-state index contributed by atoms with van der Waals surface area (Å²) in [6.45, 7) is 2.99. The smallest absolute Gasteiger partial charge is 0.223 e. The van der Waals surface area contributed by atoms with Crippen molar-refractivity contribution in [3.05, 3.63) is 71.3 Å². The van der Waals surface area contributed by atoms with Crippen molar-refractivity contribution in [2.75, 3.05) is 19.6 Å². The van der Waals surface area contributed by atoms with Crippen molar-refractivity contribution in [2.24, 2.45) is 5.92 Å². The summed E-state index contributed by atoms with van der Waals surface area (Å²) in [6, 6.07) is 19.1. The molecule has 2 unspecified atom stereocenters. The van der Waals surface area contributed by atoms with Crippen LogP contribution in [-0.4, -0.2) is 30.4 Å². The molecule has 0 radical (unpaired) electrons. The minimum Gasteiger partial charge on any atom is -0.331 e. The van der Waals surface area contributed by atoms with E-state index >= 15 is 0 Å². The highest BCUT2D eigenvalue weighted by molar-refractivity contribution is 5.77. The standard InChI is InChI=1S/C22H26N2O/c25-21(11-10-17-12-14-23-16-17)24-15-13-18-6-4-5-9-20(18)22(24)19-7-2-1-3-8-19/h1-9,17,22-23H,10-16H2. The summed E-state index contributed by atoms with van der Waals surface area (Å²) in [6.07, 6.45) is 3.83. The summed E-state index contributed by atoms with van der Waals surface area (Å²) < 4.78 is 0. The third-order valence-electron chi connectivity index (χ3n) is 5.65. The van der Waals surface area contributed by atoms with Crippen molar-refractivity contribution in [1.29, 1.82) is 0 Å². The predicted octanol–water partition coefficient (Wildman–Crippen LogP) is 3.55. The number of fused-ring (bicyclic) bond motifs is 1. The van der Waals surface area contributed by atoms with Crippen LogP contribution in [0.3, 0.4) is 0 Å². The Morgan fingerprint density at radius 3 is 2.68 bits per heavy atom. The van der Waals surface area contributed by atoms with E-state index in [2.05, 4.69) is 58.7 Å². The van der Waals surface area contributed by atoms with Crippen molar-refractivity contribution >= 4 is 5.91 Å². The molecule has 2 aliphatic heterocycles. The molecule has 0 bridgehead atoms. The molecule has 1 fully saturated rings. The van der Waals surface area contributed by atoms with E-state index in [1.165, 1.54) is 23.1 Å². The fraction of sp³-hybridized carbons (Fsp3) is 0.409. The van der Waals surface area contributed by atoms with E-state index in [9.17, 15) is 4.79 Å². The van der Waals surface area contributed by atoms with E-state index in [1.54, 1.807) is 0 Å². The molecule has 4 rings (SSSR count). The van der Waals surface area contributed by atoms with Crippen molar-refractivity contribution < 1.29 is 4.79 Å². The van der Waals surface area contributed by atoms with Gasteiger partial charge in [0.1, 0.15) is 0 Å². The Bertz CT molecular complexity index is 722. The van der Waals surface area contributed by atoms with E-state index in [0.717, 1.165) is 32.5 Å². The molecular weight excluding hydrogens is 308 g/mol. The van der Waals surface area contributed by atoms with Crippen LogP contribution in [0, 0.1) is 5.92 Å². The zero-order valence-corrected chi connectivity index (χ0v) is 14.7. The number of carbonyl (C=O) groups excluding carboxylic acids is 1. The van der Waals surface area contributed by atoms with Crippen LogP contribution in [0.1, 0.15) is 42.0 Å². The van der Waals surface area contributed by atoms with Gasteiger partial charge in [0.15, 0.2) is 0 Å². The van der Waals surface area contributed by atoms with Crippen LogP contribution in [0.2, 0.25) is 0 Å². The molecule has 1 amide bonds. The van der Waals surface area contributed by atoms with Gasteiger partial charge in [-0.25, -0.2) is 0 Å². The molecule has 25 heavy (non-hydrogen) atoms. The van der Waals surface area contributed by atoms with Crippen LogP contribution in [0.5, 0.6) is 0 Å². The predicted molar refractivity (Wildman–Crippen MR) is 100 cm³/mol. The molecule has 1 saturated heterocycles. The van der Waals surface area contributed by atoms with E-state index in [0.29, 0.717) is 18.2 Å². The molecule has 2 atom stereocenters. The lowest BCUT2D eigenvalue weighted by Crippen LogP contribution is -2.40. The second kappa shape index (κ2) is 7.40. The Balaban J connectivity index is 1.58. The van der Waals surface area contributed by atoms with Gasteiger partial charge in [-0.2, -0.15) is 0 Å². The average molecular weight is 334 g/mol. The van der Waals surface area contributed by atoms with Crippen LogP contribution in [0.15, 0.2) is 54.6 Å². The third-order valence-corrected chi connectivity index (χ3v) is 5.65. The first-order chi connectivity index (χ1) is 12.3. The molecule has 3 nitrogen and oxygen atoms in total. The van der Waals surface area contributed by atoms with E-state index < -0.39 is 0 Å². The Morgan fingerprint density at radius 2 is 1.88 bits per heavy atom. The number of hydrogen-bond donors (Lipinski definition) is 1. The second-order valence-electron chi connectivity index (χ2n) is 7.25. The molecule has 2 aliphatic rings. The fourth-order valence-electron chi connectivity index (χ4n) is 4.26. The summed E-state index contributed by atoms with van der Waals surface area (Å²) in [7, 11) is 0. The molecule has 0 saturated carbocycles. The molecule has 0 aliphatic carbocycles. The first-order valence-electron chi connectivity index (χ1n) is 9.46. The van der Waals surface area contributed by atoms with Gasteiger partial charge < -0.3 is 10.2 Å². The van der Waals surface area contributed by atoms with Gasteiger partial charge in [0.25, 0.3) is 0 Å². The summed E-state index contributed by atoms with van der Waals surface area (Å²) >= 11 is 0. The van der Waals surface area contributed by atoms with Gasteiger partial charge in [0.2, 0.25) is 5.91 Å². The number of benzene rings is 2. The first kappa shape index (κ1) is 16.3. The van der Waals surface area contributed by atoms with Gasteiger partial charge in [0.05, 0.1) is 6.04 Å². The van der Waals surface area contributed by atoms with Crippen molar-refractivity contribution in [3.63, 3.8) is 0 Å². The number of amides is 1. The van der Waals surface area contributed by atoms with Crippen LogP contribution in [-0.2, 0) is 11.2 Å². The van der Waals surface area contributed by atoms with Crippen LogP contribution >= 0.6 is 0 Å². The van der Waals surface area contributed by atoms with Gasteiger partial charge in [-0.1, -0.05) is 54.6 Å². The second-order valence-corrected chi connectivity index (χ2v) is 7.25. The minimum atomic E-state index is 0.0559. The third kappa shape index (κ3) is 3.47. The maximum atomic E-state index is 13.1. The molecule has 0 spiro atoms. The first-order valence-corrected chi connectivity index (χ1v) is 9.46. The normalized spacial score (nSPS) is 22.6. The molecule has 130 valence electrons. The Kier molecular flexibility index (Phi) is 4.84. The minimum absolute atomic E-state index is 0.0559. The highest BCUT2D eigenvalue weighted by Crippen LogP contribution is 2.35. The molecule has 0 aromatic heterocycles. The van der Waals surface area contributed by atoms with Gasteiger partial charge in [-0.3, -0.25) is 4.79 Å². The molecule has 2 heterocycles. The largest absolute Gasteiger partial charge is 0.331 e. The lowest BCUT2D eigenvalue weighted by atomic mass is 9.87. The van der Waals surface area contributed by atoms with E-state index in [1.807, 2.05) is 6.07 Å².